The summed E-state index contributed by atoms with van der Waals surface area (Å²) in [5, 5.41) is 4.38. The number of hydrogen-bond donors (Lipinski definition) is 1. The maximum atomic E-state index is 13.2. The Morgan fingerprint density at radius 1 is 1.23 bits per heavy atom. The number of thiophene rings is 1. The zero-order chi connectivity index (χ0) is 22.1. The van der Waals surface area contributed by atoms with E-state index in [1.54, 1.807) is 19.9 Å². The quantitative estimate of drug-likeness (QED) is 0.590. The maximum Gasteiger partial charge on any atom is 0.341 e. The molecule has 1 aliphatic rings. The number of carbonyl (C=O) groups excluding carboxylic acids is 2. The first kappa shape index (κ1) is 21.3. The number of ether oxygens (including phenoxy) is 1. The number of rotatable bonds is 5. The van der Waals surface area contributed by atoms with Crippen molar-refractivity contribution < 1.29 is 14.3 Å². The summed E-state index contributed by atoms with van der Waals surface area (Å²) in [6.07, 6.45) is 3.81. The molecule has 1 aliphatic carbocycles. The van der Waals surface area contributed by atoms with Crippen molar-refractivity contribution in [2.24, 2.45) is 0 Å². The number of anilines is 1. The van der Waals surface area contributed by atoms with Crippen molar-refractivity contribution in [3.63, 3.8) is 0 Å². The van der Waals surface area contributed by atoms with Gasteiger partial charge in [-0.05, 0) is 63.6 Å². The van der Waals surface area contributed by atoms with Crippen molar-refractivity contribution >= 4 is 39.1 Å². The van der Waals surface area contributed by atoms with Crippen LogP contribution in [-0.2, 0) is 22.4 Å². The van der Waals surface area contributed by atoms with Gasteiger partial charge in [0.2, 0.25) is 5.91 Å². The molecule has 3 aromatic rings. The van der Waals surface area contributed by atoms with Gasteiger partial charge in [-0.25, -0.2) is 4.79 Å². The summed E-state index contributed by atoms with van der Waals surface area (Å²) in [5.74, 6) is -0.733. The highest BCUT2D eigenvalue weighted by Crippen LogP contribution is 2.39. The van der Waals surface area contributed by atoms with Crippen LogP contribution in [0.4, 0.5) is 5.00 Å². The first-order valence-electron chi connectivity index (χ1n) is 10.7. The van der Waals surface area contributed by atoms with Gasteiger partial charge in [0.15, 0.2) is 0 Å². The van der Waals surface area contributed by atoms with Gasteiger partial charge >= 0.3 is 5.97 Å². The number of esters is 1. The van der Waals surface area contributed by atoms with Crippen LogP contribution in [0.25, 0.3) is 10.9 Å². The molecule has 31 heavy (non-hydrogen) atoms. The van der Waals surface area contributed by atoms with E-state index in [-0.39, 0.29) is 18.1 Å². The third kappa shape index (κ3) is 3.90. The average molecular weight is 439 g/mol. The lowest BCUT2D eigenvalue weighted by Gasteiger charge is -2.18. The predicted molar refractivity (Wildman–Crippen MR) is 123 cm³/mol. The summed E-state index contributed by atoms with van der Waals surface area (Å²) in [6.45, 7) is 5.64. The molecule has 2 aromatic heterocycles. The minimum absolute atomic E-state index is 0.227. The molecule has 1 aromatic carbocycles. The number of amides is 1. The van der Waals surface area contributed by atoms with Crippen LogP contribution in [0.3, 0.4) is 0 Å². The highest BCUT2D eigenvalue weighted by atomic mass is 32.1. The van der Waals surface area contributed by atoms with Gasteiger partial charge in [-0.15, -0.1) is 11.3 Å². The fraction of sp³-hybridized carbons (Fsp3) is 0.375. The Balaban J connectivity index is 1.71. The van der Waals surface area contributed by atoms with E-state index in [9.17, 15) is 14.4 Å². The van der Waals surface area contributed by atoms with E-state index < -0.39 is 12.0 Å². The van der Waals surface area contributed by atoms with Gasteiger partial charge in [0.1, 0.15) is 11.0 Å². The molecule has 7 heteroatoms. The minimum atomic E-state index is -0.743. The lowest BCUT2D eigenvalue weighted by molar-refractivity contribution is -0.118. The van der Waals surface area contributed by atoms with E-state index in [1.165, 1.54) is 15.9 Å². The number of nitrogens with one attached hydrogen (secondary N) is 1. The second kappa shape index (κ2) is 8.67. The van der Waals surface area contributed by atoms with Gasteiger partial charge in [0.05, 0.1) is 17.7 Å². The van der Waals surface area contributed by atoms with Gasteiger partial charge in [0.25, 0.3) is 5.56 Å². The summed E-state index contributed by atoms with van der Waals surface area (Å²) in [4.78, 5) is 39.8. The third-order valence-corrected chi connectivity index (χ3v) is 7.03. The van der Waals surface area contributed by atoms with Crippen molar-refractivity contribution in [3.05, 3.63) is 62.3 Å². The molecule has 4 rings (SSSR count). The van der Waals surface area contributed by atoms with E-state index in [0.29, 0.717) is 16.1 Å². The van der Waals surface area contributed by atoms with Gasteiger partial charge < -0.3 is 10.1 Å². The summed E-state index contributed by atoms with van der Waals surface area (Å²) >= 11 is 1.45. The first-order chi connectivity index (χ1) is 14.9. The standard InChI is InChI=1S/C24H26N2O4S/c1-4-30-24(29)21-17-10-6-8-12-19(17)31-23(21)25-22(28)15(3)26-18-11-7-5-9-16(18)14(2)13-20(26)27/h5,7,9,11,13,15H,4,6,8,10,12H2,1-3H3,(H,25,28). The molecular formula is C24H26N2O4S. The number of nitrogens with zero attached hydrogens (tertiary/aromatic N) is 1. The summed E-state index contributed by atoms with van der Waals surface area (Å²) in [5.41, 5.74) is 2.83. The number of aryl methyl sites for hydroxylation is 2. The molecule has 0 saturated heterocycles. The lowest BCUT2D eigenvalue weighted by Crippen LogP contribution is -2.32. The zero-order valence-corrected chi connectivity index (χ0v) is 18.8. The Morgan fingerprint density at radius 3 is 2.74 bits per heavy atom. The maximum absolute atomic E-state index is 13.2. The fourth-order valence-electron chi connectivity index (χ4n) is 4.27. The Bertz CT molecular complexity index is 1220. The first-order valence-corrected chi connectivity index (χ1v) is 11.5. The molecule has 1 amide bonds. The molecule has 0 fully saturated rings. The second-order valence-electron chi connectivity index (χ2n) is 7.85. The topological polar surface area (TPSA) is 77.4 Å². The van der Waals surface area contributed by atoms with Crippen LogP contribution in [0.5, 0.6) is 0 Å². The molecule has 0 bridgehead atoms. The Kier molecular flexibility index (Phi) is 5.96. The SMILES string of the molecule is CCOC(=O)c1c(NC(=O)C(C)n2c(=O)cc(C)c3ccccc32)sc2c1CCCC2. The van der Waals surface area contributed by atoms with Crippen LogP contribution in [0.2, 0.25) is 0 Å². The highest BCUT2D eigenvalue weighted by molar-refractivity contribution is 7.17. The smallest absolute Gasteiger partial charge is 0.341 e. The van der Waals surface area contributed by atoms with E-state index in [1.807, 2.05) is 31.2 Å². The fourth-order valence-corrected chi connectivity index (χ4v) is 5.55. The normalized spacial score (nSPS) is 14.2. The molecule has 6 nitrogen and oxygen atoms in total. The Hall–Kier alpha value is -2.93. The number of fused-ring (bicyclic) bond motifs is 2. The Morgan fingerprint density at radius 2 is 1.97 bits per heavy atom. The monoisotopic (exact) mass is 438 g/mol. The molecule has 0 aliphatic heterocycles. The molecule has 1 unspecified atom stereocenters. The zero-order valence-electron chi connectivity index (χ0n) is 18.0. The van der Waals surface area contributed by atoms with Crippen LogP contribution in [0, 0.1) is 6.92 Å². The van der Waals surface area contributed by atoms with Crippen LogP contribution >= 0.6 is 11.3 Å². The number of hydrogen-bond acceptors (Lipinski definition) is 5. The summed E-state index contributed by atoms with van der Waals surface area (Å²) in [7, 11) is 0. The lowest BCUT2D eigenvalue weighted by atomic mass is 9.95. The molecule has 162 valence electrons. The molecule has 2 heterocycles. The van der Waals surface area contributed by atoms with E-state index in [4.69, 9.17) is 4.74 Å². The van der Waals surface area contributed by atoms with Gasteiger partial charge in [-0.1, -0.05) is 18.2 Å². The molecule has 1 N–H and O–H groups in total. The molecule has 0 radical (unpaired) electrons. The highest BCUT2D eigenvalue weighted by Gasteiger charge is 2.29. The third-order valence-electron chi connectivity index (χ3n) is 5.82. The van der Waals surface area contributed by atoms with Crippen LogP contribution in [-0.4, -0.2) is 23.1 Å². The van der Waals surface area contributed by atoms with Gasteiger partial charge in [0, 0.05) is 16.3 Å². The van der Waals surface area contributed by atoms with Crippen molar-refractivity contribution in [1.82, 2.24) is 4.57 Å². The van der Waals surface area contributed by atoms with E-state index >= 15 is 0 Å². The van der Waals surface area contributed by atoms with Crippen LogP contribution < -0.4 is 10.9 Å². The molecule has 1 atom stereocenters. The predicted octanol–water partition coefficient (Wildman–Crippen LogP) is 4.63. The number of para-hydroxylation sites is 1. The largest absolute Gasteiger partial charge is 0.462 e. The molecule has 0 saturated carbocycles. The molecule has 0 spiro atoms. The van der Waals surface area contributed by atoms with Crippen LogP contribution in [0.1, 0.15) is 59.1 Å². The van der Waals surface area contributed by atoms with Gasteiger partial charge in [-0.2, -0.15) is 0 Å². The van der Waals surface area contributed by atoms with E-state index in [0.717, 1.165) is 47.1 Å². The summed E-state index contributed by atoms with van der Waals surface area (Å²) in [6, 6.07) is 8.37. The van der Waals surface area contributed by atoms with Crippen molar-refractivity contribution in [2.45, 2.75) is 52.5 Å². The number of aromatic nitrogens is 1. The Labute approximate surface area is 184 Å². The summed E-state index contributed by atoms with van der Waals surface area (Å²) < 4.78 is 6.78. The van der Waals surface area contributed by atoms with Crippen molar-refractivity contribution in [2.75, 3.05) is 11.9 Å². The number of benzene rings is 1. The minimum Gasteiger partial charge on any atom is -0.462 e. The van der Waals surface area contributed by atoms with E-state index in [2.05, 4.69) is 5.32 Å². The molecular weight excluding hydrogens is 412 g/mol. The van der Waals surface area contributed by atoms with Crippen molar-refractivity contribution in [1.29, 1.82) is 0 Å². The average Bonchev–Trinajstić information content (AvgIpc) is 3.11. The number of carbonyl (C=O) groups is 2. The van der Waals surface area contributed by atoms with Crippen molar-refractivity contribution in [3.8, 4) is 0 Å². The van der Waals surface area contributed by atoms with Gasteiger partial charge in [-0.3, -0.25) is 14.2 Å². The second-order valence-corrected chi connectivity index (χ2v) is 8.96. The number of pyridine rings is 1. The van der Waals surface area contributed by atoms with Crippen LogP contribution in [0.15, 0.2) is 35.1 Å².